The Balaban J connectivity index is 2.56. The Hall–Kier alpha value is -0.960. The lowest BCUT2D eigenvalue weighted by atomic mass is 9.98. The molecule has 1 aliphatic carbocycles. The van der Waals surface area contributed by atoms with Gasteiger partial charge < -0.3 is 5.73 Å². The van der Waals surface area contributed by atoms with E-state index < -0.39 is 5.92 Å². The van der Waals surface area contributed by atoms with Crippen LogP contribution in [0.5, 0.6) is 0 Å². The van der Waals surface area contributed by atoms with Gasteiger partial charge in [0, 0.05) is 18.0 Å². The van der Waals surface area contributed by atoms with Crippen LogP contribution in [-0.2, 0) is 12.3 Å². The Morgan fingerprint density at radius 1 is 1.43 bits per heavy atom. The molecule has 0 amide bonds. The molecule has 0 bridgehead atoms. The minimum absolute atomic E-state index is 0.0773. The molecule has 0 radical (unpaired) electrons. The summed E-state index contributed by atoms with van der Waals surface area (Å²) < 4.78 is 26.7. The number of halogens is 2. The largest absolute Gasteiger partial charge is 0.324 e. The first kappa shape index (κ1) is 9.59. The molecule has 0 saturated heterocycles. The van der Waals surface area contributed by atoms with Gasteiger partial charge in [-0.1, -0.05) is 18.2 Å². The lowest BCUT2D eigenvalue weighted by Gasteiger charge is -2.13. The van der Waals surface area contributed by atoms with E-state index in [1.54, 1.807) is 6.07 Å². The van der Waals surface area contributed by atoms with E-state index in [4.69, 9.17) is 5.73 Å². The first-order valence-electron chi connectivity index (χ1n) is 4.78. The number of hydrogen-bond donors (Lipinski definition) is 1. The zero-order valence-corrected chi connectivity index (χ0v) is 8.06. The Morgan fingerprint density at radius 2 is 2.14 bits per heavy atom. The van der Waals surface area contributed by atoms with E-state index in [2.05, 4.69) is 0 Å². The van der Waals surface area contributed by atoms with E-state index in [0.29, 0.717) is 6.42 Å². The molecular formula is C11H13F2N. The standard InChI is InChI=1S/C11H13F2N/c1-7(14)8-3-2-4-10-9(8)5-6-11(10,12)13/h2-4,7H,5-6,14H2,1H3/t7-/m0/s1. The van der Waals surface area contributed by atoms with Gasteiger partial charge in [-0.25, -0.2) is 8.78 Å². The lowest BCUT2D eigenvalue weighted by Crippen LogP contribution is -2.10. The Labute approximate surface area is 81.9 Å². The van der Waals surface area contributed by atoms with Crippen molar-refractivity contribution < 1.29 is 8.78 Å². The summed E-state index contributed by atoms with van der Waals surface area (Å²) in [4.78, 5) is 0. The molecular weight excluding hydrogens is 184 g/mol. The van der Waals surface area contributed by atoms with Gasteiger partial charge in [0.15, 0.2) is 0 Å². The second-order valence-electron chi connectivity index (χ2n) is 3.87. The van der Waals surface area contributed by atoms with Crippen LogP contribution in [0.1, 0.15) is 36.1 Å². The highest BCUT2D eigenvalue weighted by atomic mass is 19.3. The first-order valence-corrected chi connectivity index (χ1v) is 4.78. The average molecular weight is 197 g/mol. The zero-order valence-electron chi connectivity index (χ0n) is 8.06. The topological polar surface area (TPSA) is 26.0 Å². The summed E-state index contributed by atoms with van der Waals surface area (Å²) in [6, 6.07) is 4.84. The van der Waals surface area contributed by atoms with Gasteiger partial charge in [0.25, 0.3) is 5.92 Å². The van der Waals surface area contributed by atoms with Crippen molar-refractivity contribution in [2.45, 2.75) is 31.7 Å². The minimum atomic E-state index is -2.65. The summed E-state index contributed by atoms with van der Waals surface area (Å²) in [6.07, 6.45) is 0.367. The molecule has 0 unspecified atom stereocenters. The molecule has 0 aliphatic heterocycles. The molecule has 0 aromatic heterocycles. The van der Waals surface area contributed by atoms with E-state index in [0.717, 1.165) is 11.1 Å². The van der Waals surface area contributed by atoms with Crippen LogP contribution in [0.4, 0.5) is 8.78 Å². The van der Waals surface area contributed by atoms with Crippen LogP contribution in [0.3, 0.4) is 0 Å². The van der Waals surface area contributed by atoms with Crippen molar-refractivity contribution in [3.05, 3.63) is 34.9 Å². The third-order valence-corrected chi connectivity index (χ3v) is 2.79. The fourth-order valence-corrected chi connectivity index (χ4v) is 2.07. The Morgan fingerprint density at radius 3 is 2.79 bits per heavy atom. The summed E-state index contributed by atoms with van der Waals surface area (Å²) in [5, 5.41) is 0. The summed E-state index contributed by atoms with van der Waals surface area (Å²) in [7, 11) is 0. The van der Waals surface area contributed by atoms with Crippen molar-refractivity contribution in [1.29, 1.82) is 0 Å². The number of nitrogens with two attached hydrogens (primary N) is 1. The lowest BCUT2D eigenvalue weighted by molar-refractivity contribution is -0.00184. The number of hydrogen-bond acceptors (Lipinski definition) is 1. The Bertz CT molecular complexity index is 358. The first-order chi connectivity index (χ1) is 6.52. The minimum Gasteiger partial charge on any atom is -0.324 e. The number of rotatable bonds is 1. The van der Waals surface area contributed by atoms with Gasteiger partial charge in [-0.2, -0.15) is 0 Å². The summed E-state index contributed by atoms with van der Waals surface area (Å²) >= 11 is 0. The quantitative estimate of drug-likeness (QED) is 0.736. The second-order valence-corrected chi connectivity index (χ2v) is 3.87. The van der Waals surface area contributed by atoms with Crippen molar-refractivity contribution in [3.8, 4) is 0 Å². The molecule has 1 aromatic rings. The predicted molar refractivity (Wildman–Crippen MR) is 51.3 cm³/mol. The molecule has 2 N–H and O–H groups in total. The van der Waals surface area contributed by atoms with E-state index >= 15 is 0 Å². The third-order valence-electron chi connectivity index (χ3n) is 2.79. The van der Waals surface area contributed by atoms with Crippen LogP contribution in [0.2, 0.25) is 0 Å². The van der Waals surface area contributed by atoms with Crippen molar-refractivity contribution in [2.24, 2.45) is 5.73 Å². The maximum absolute atomic E-state index is 13.3. The van der Waals surface area contributed by atoms with Gasteiger partial charge in [0.2, 0.25) is 0 Å². The smallest absolute Gasteiger partial charge is 0.273 e. The molecule has 1 aliphatic rings. The van der Waals surface area contributed by atoms with Crippen LogP contribution < -0.4 is 5.73 Å². The molecule has 3 heteroatoms. The highest BCUT2D eigenvalue weighted by molar-refractivity contribution is 5.42. The maximum Gasteiger partial charge on any atom is 0.273 e. The summed E-state index contributed by atoms with van der Waals surface area (Å²) in [5.41, 5.74) is 7.52. The van der Waals surface area contributed by atoms with Gasteiger partial charge in [0.05, 0.1) is 0 Å². The van der Waals surface area contributed by atoms with Crippen molar-refractivity contribution in [3.63, 3.8) is 0 Å². The highest BCUT2D eigenvalue weighted by Gasteiger charge is 2.39. The SMILES string of the molecule is C[C@H](N)c1cccc2c1CCC2(F)F. The predicted octanol–water partition coefficient (Wildman–Crippen LogP) is 2.74. The average Bonchev–Trinajstić information content (AvgIpc) is 2.42. The van der Waals surface area contributed by atoms with E-state index in [9.17, 15) is 8.78 Å². The maximum atomic E-state index is 13.3. The Kier molecular flexibility index (Phi) is 2.07. The molecule has 0 spiro atoms. The molecule has 0 saturated carbocycles. The monoisotopic (exact) mass is 197 g/mol. The number of fused-ring (bicyclic) bond motifs is 1. The van der Waals surface area contributed by atoms with Crippen LogP contribution in [0.25, 0.3) is 0 Å². The van der Waals surface area contributed by atoms with E-state index in [1.807, 2.05) is 13.0 Å². The zero-order chi connectivity index (χ0) is 10.3. The van der Waals surface area contributed by atoms with Gasteiger partial charge in [-0.3, -0.25) is 0 Å². The van der Waals surface area contributed by atoms with E-state index in [1.165, 1.54) is 6.07 Å². The highest BCUT2D eigenvalue weighted by Crippen LogP contribution is 2.43. The van der Waals surface area contributed by atoms with Crippen LogP contribution in [-0.4, -0.2) is 0 Å². The van der Waals surface area contributed by atoms with Gasteiger partial charge >= 0.3 is 0 Å². The molecule has 76 valence electrons. The van der Waals surface area contributed by atoms with Gasteiger partial charge in [-0.15, -0.1) is 0 Å². The molecule has 0 fully saturated rings. The number of alkyl halides is 2. The summed E-state index contributed by atoms with van der Waals surface area (Å²) in [6.45, 7) is 1.83. The molecule has 1 atom stereocenters. The molecule has 2 rings (SSSR count). The van der Waals surface area contributed by atoms with Crippen molar-refractivity contribution in [1.82, 2.24) is 0 Å². The van der Waals surface area contributed by atoms with Crippen LogP contribution in [0, 0.1) is 0 Å². The molecule has 1 aromatic carbocycles. The normalized spacial score (nSPS) is 20.6. The van der Waals surface area contributed by atoms with Crippen molar-refractivity contribution >= 4 is 0 Å². The van der Waals surface area contributed by atoms with Crippen LogP contribution in [0.15, 0.2) is 18.2 Å². The summed E-state index contributed by atoms with van der Waals surface area (Å²) in [5.74, 6) is -2.65. The van der Waals surface area contributed by atoms with E-state index in [-0.39, 0.29) is 18.0 Å². The fraction of sp³-hybridized carbons (Fsp3) is 0.455. The molecule has 0 heterocycles. The van der Waals surface area contributed by atoms with Crippen molar-refractivity contribution in [2.75, 3.05) is 0 Å². The van der Waals surface area contributed by atoms with Gasteiger partial charge in [0.1, 0.15) is 0 Å². The van der Waals surface area contributed by atoms with Gasteiger partial charge in [-0.05, 0) is 24.5 Å². The molecule has 1 nitrogen and oxygen atoms in total. The van der Waals surface area contributed by atoms with Crippen LogP contribution >= 0.6 is 0 Å². The fourth-order valence-electron chi connectivity index (χ4n) is 2.07. The molecule has 14 heavy (non-hydrogen) atoms. The number of benzene rings is 1. The third kappa shape index (κ3) is 1.32. The second kappa shape index (κ2) is 3.02.